The van der Waals surface area contributed by atoms with Gasteiger partial charge in [-0.15, -0.1) is 0 Å². The minimum absolute atomic E-state index is 0.0969. The number of carbonyl (C=O) groups is 2. The molecule has 4 rings (SSSR count). The van der Waals surface area contributed by atoms with Crippen LogP contribution in [0.1, 0.15) is 55.7 Å². The molecule has 1 fully saturated rings. The number of hydrogen-bond acceptors (Lipinski definition) is 4. The standard InChI is InChI=1S/C32H39N3O4S/c1-24-19-25(2)21-29(20-24)35(40(38,39)30-17-11-6-12-18-30)23-31(36)34(22-27-13-7-4-8-14-27)26(3)32(37)33-28-15-9-5-10-16-28/h4,6-8,11-14,17-21,26,28H,5,9-10,15-16,22-23H2,1-3H3,(H,33,37)/t26-/m1/s1. The molecule has 0 aromatic heterocycles. The highest BCUT2D eigenvalue weighted by Gasteiger charge is 2.33. The Morgan fingerprint density at radius 3 is 2.05 bits per heavy atom. The average Bonchev–Trinajstić information content (AvgIpc) is 2.95. The molecule has 0 bridgehead atoms. The summed E-state index contributed by atoms with van der Waals surface area (Å²) in [5.41, 5.74) is 3.04. The van der Waals surface area contributed by atoms with E-state index in [-0.39, 0.29) is 23.4 Å². The molecule has 2 amide bonds. The van der Waals surface area contributed by atoms with Gasteiger partial charge >= 0.3 is 0 Å². The molecule has 8 heteroatoms. The number of anilines is 1. The van der Waals surface area contributed by atoms with E-state index >= 15 is 0 Å². The Labute approximate surface area is 238 Å². The Bertz CT molecular complexity index is 1380. The number of nitrogens with one attached hydrogen (secondary N) is 1. The Morgan fingerprint density at radius 2 is 1.45 bits per heavy atom. The molecule has 212 valence electrons. The fourth-order valence-electron chi connectivity index (χ4n) is 5.27. The maximum absolute atomic E-state index is 14.1. The Balaban J connectivity index is 1.68. The second kappa shape index (κ2) is 13.1. The largest absolute Gasteiger partial charge is 0.352 e. The van der Waals surface area contributed by atoms with Gasteiger partial charge in [0.15, 0.2) is 0 Å². The summed E-state index contributed by atoms with van der Waals surface area (Å²) in [6, 6.07) is 22.4. The second-order valence-corrected chi connectivity index (χ2v) is 12.6. The van der Waals surface area contributed by atoms with Crippen LogP contribution >= 0.6 is 0 Å². The Kier molecular flexibility index (Phi) is 9.63. The highest BCUT2D eigenvalue weighted by Crippen LogP contribution is 2.27. The smallest absolute Gasteiger partial charge is 0.264 e. The van der Waals surface area contributed by atoms with Crippen molar-refractivity contribution in [2.45, 2.75) is 76.4 Å². The van der Waals surface area contributed by atoms with Crippen LogP contribution in [0.25, 0.3) is 0 Å². The van der Waals surface area contributed by atoms with E-state index in [1.807, 2.05) is 50.2 Å². The summed E-state index contributed by atoms with van der Waals surface area (Å²) >= 11 is 0. The van der Waals surface area contributed by atoms with Crippen molar-refractivity contribution in [3.8, 4) is 0 Å². The normalized spacial score (nSPS) is 14.8. The lowest BCUT2D eigenvalue weighted by molar-refractivity contribution is -0.139. The first-order valence-corrected chi connectivity index (χ1v) is 15.4. The number of nitrogens with zero attached hydrogens (tertiary/aromatic N) is 2. The van der Waals surface area contributed by atoms with Crippen molar-refractivity contribution in [1.29, 1.82) is 0 Å². The summed E-state index contributed by atoms with van der Waals surface area (Å²) in [7, 11) is -4.07. The number of hydrogen-bond donors (Lipinski definition) is 1. The van der Waals surface area contributed by atoms with Crippen LogP contribution < -0.4 is 9.62 Å². The Morgan fingerprint density at radius 1 is 0.875 bits per heavy atom. The third-order valence-electron chi connectivity index (χ3n) is 7.42. The molecule has 1 N–H and O–H groups in total. The molecule has 0 unspecified atom stereocenters. The molecule has 0 aliphatic heterocycles. The van der Waals surface area contributed by atoms with Gasteiger partial charge in [-0.2, -0.15) is 0 Å². The lowest BCUT2D eigenvalue weighted by Crippen LogP contribution is -2.53. The maximum atomic E-state index is 14.1. The van der Waals surface area contributed by atoms with Gasteiger partial charge in [0, 0.05) is 12.6 Å². The van der Waals surface area contributed by atoms with Crippen molar-refractivity contribution >= 4 is 27.5 Å². The molecule has 0 saturated heterocycles. The summed E-state index contributed by atoms with van der Waals surface area (Å²) in [5, 5.41) is 3.13. The first-order valence-electron chi connectivity index (χ1n) is 13.9. The zero-order chi connectivity index (χ0) is 28.7. The highest BCUT2D eigenvalue weighted by molar-refractivity contribution is 7.92. The molecule has 3 aromatic carbocycles. The van der Waals surface area contributed by atoms with E-state index < -0.39 is 28.5 Å². The van der Waals surface area contributed by atoms with Crippen LogP contribution in [0.4, 0.5) is 5.69 Å². The quantitative estimate of drug-likeness (QED) is 0.361. The van der Waals surface area contributed by atoms with Gasteiger partial charge < -0.3 is 10.2 Å². The van der Waals surface area contributed by atoms with Crippen molar-refractivity contribution in [1.82, 2.24) is 10.2 Å². The van der Waals surface area contributed by atoms with Gasteiger partial charge in [0.1, 0.15) is 12.6 Å². The van der Waals surface area contributed by atoms with Gasteiger partial charge in [-0.3, -0.25) is 13.9 Å². The van der Waals surface area contributed by atoms with E-state index in [0.29, 0.717) is 5.69 Å². The van der Waals surface area contributed by atoms with Gasteiger partial charge in [0.05, 0.1) is 10.6 Å². The number of aryl methyl sites for hydroxylation is 2. The van der Waals surface area contributed by atoms with Crippen molar-refractivity contribution < 1.29 is 18.0 Å². The molecule has 1 aliphatic rings. The van der Waals surface area contributed by atoms with Crippen molar-refractivity contribution in [3.05, 3.63) is 95.6 Å². The fourth-order valence-corrected chi connectivity index (χ4v) is 6.69. The monoisotopic (exact) mass is 561 g/mol. The van der Waals surface area contributed by atoms with Gasteiger partial charge in [-0.1, -0.05) is 73.9 Å². The molecule has 0 spiro atoms. The second-order valence-electron chi connectivity index (χ2n) is 10.7. The number of rotatable bonds is 10. The molecule has 3 aromatic rings. The van der Waals surface area contributed by atoms with Gasteiger partial charge in [-0.25, -0.2) is 8.42 Å². The third kappa shape index (κ3) is 7.30. The number of benzene rings is 3. The SMILES string of the molecule is Cc1cc(C)cc(N(CC(=O)N(Cc2ccccc2)[C@H](C)C(=O)NC2CCCCC2)S(=O)(=O)c2ccccc2)c1. The molecule has 0 radical (unpaired) electrons. The van der Waals surface area contributed by atoms with E-state index in [1.54, 1.807) is 37.3 Å². The molecule has 0 heterocycles. The van der Waals surface area contributed by atoms with E-state index in [9.17, 15) is 18.0 Å². The fraction of sp³-hybridized carbons (Fsp3) is 0.375. The zero-order valence-corrected chi connectivity index (χ0v) is 24.4. The molecule has 1 aliphatic carbocycles. The topological polar surface area (TPSA) is 86.8 Å². The maximum Gasteiger partial charge on any atom is 0.264 e. The Hall–Kier alpha value is -3.65. The van der Waals surface area contributed by atoms with E-state index in [1.165, 1.54) is 23.5 Å². The summed E-state index contributed by atoms with van der Waals surface area (Å²) < 4.78 is 29.0. The van der Waals surface area contributed by atoms with Crippen LogP contribution in [0.5, 0.6) is 0 Å². The molecular formula is C32H39N3O4S. The van der Waals surface area contributed by atoms with E-state index in [0.717, 1.165) is 46.7 Å². The predicted octanol–water partition coefficient (Wildman–Crippen LogP) is 5.36. The summed E-state index contributed by atoms with van der Waals surface area (Å²) in [6.45, 7) is 5.25. The average molecular weight is 562 g/mol. The number of amides is 2. The number of carbonyl (C=O) groups excluding carboxylic acids is 2. The van der Waals surface area contributed by atoms with E-state index in [2.05, 4.69) is 5.32 Å². The molecule has 1 saturated carbocycles. The molecule has 7 nitrogen and oxygen atoms in total. The summed E-state index contributed by atoms with van der Waals surface area (Å²) in [5.74, 6) is -0.672. The summed E-state index contributed by atoms with van der Waals surface area (Å²) in [4.78, 5) is 29.0. The van der Waals surface area contributed by atoms with Crippen LogP contribution in [0.3, 0.4) is 0 Å². The lowest BCUT2D eigenvalue weighted by Gasteiger charge is -2.33. The van der Waals surface area contributed by atoms with Crippen LogP contribution in [0.15, 0.2) is 83.8 Å². The molecule has 1 atom stereocenters. The van der Waals surface area contributed by atoms with Gasteiger partial charge in [0.2, 0.25) is 11.8 Å². The van der Waals surface area contributed by atoms with Crippen molar-refractivity contribution in [2.75, 3.05) is 10.8 Å². The first kappa shape index (κ1) is 29.3. The lowest BCUT2D eigenvalue weighted by atomic mass is 9.95. The molecule has 40 heavy (non-hydrogen) atoms. The third-order valence-corrected chi connectivity index (χ3v) is 9.21. The minimum atomic E-state index is -4.07. The van der Waals surface area contributed by atoms with Crippen molar-refractivity contribution in [3.63, 3.8) is 0 Å². The van der Waals surface area contributed by atoms with Crippen LogP contribution in [-0.2, 0) is 26.2 Å². The van der Waals surface area contributed by atoms with Gasteiger partial charge in [-0.05, 0) is 74.6 Å². The number of sulfonamides is 1. The van der Waals surface area contributed by atoms with Crippen LogP contribution in [-0.4, -0.2) is 43.8 Å². The van der Waals surface area contributed by atoms with Gasteiger partial charge in [0.25, 0.3) is 10.0 Å². The van der Waals surface area contributed by atoms with E-state index in [4.69, 9.17) is 0 Å². The van der Waals surface area contributed by atoms with Crippen LogP contribution in [0, 0.1) is 13.8 Å². The highest BCUT2D eigenvalue weighted by atomic mass is 32.2. The first-order chi connectivity index (χ1) is 19.1. The van der Waals surface area contributed by atoms with Crippen molar-refractivity contribution in [2.24, 2.45) is 0 Å². The molecular weight excluding hydrogens is 522 g/mol. The summed E-state index contributed by atoms with van der Waals surface area (Å²) in [6.07, 6.45) is 5.19. The van der Waals surface area contributed by atoms with Crippen LogP contribution in [0.2, 0.25) is 0 Å². The zero-order valence-electron chi connectivity index (χ0n) is 23.5. The minimum Gasteiger partial charge on any atom is -0.352 e. The predicted molar refractivity (Wildman–Crippen MR) is 158 cm³/mol.